The lowest BCUT2D eigenvalue weighted by atomic mass is 10.1. The topological polar surface area (TPSA) is 38.1 Å². The van der Waals surface area contributed by atoms with Crippen LogP contribution in [0, 0.1) is 17.5 Å². The summed E-state index contributed by atoms with van der Waals surface area (Å²) >= 11 is 0. The van der Waals surface area contributed by atoms with Gasteiger partial charge >= 0.3 is 0 Å². The largest absolute Gasteiger partial charge is 0.439 e. The second-order valence-corrected chi connectivity index (χ2v) is 3.82. The fourth-order valence-corrected chi connectivity index (χ4v) is 1.50. The second-order valence-electron chi connectivity index (χ2n) is 3.82. The van der Waals surface area contributed by atoms with Gasteiger partial charge in [-0.25, -0.2) is 18.2 Å². The molecule has 2 rings (SSSR count). The number of halogens is 3. The lowest BCUT2D eigenvalue weighted by Gasteiger charge is -2.04. The molecular weight excluding hydrogens is 245 g/mol. The molecule has 96 valence electrons. The molecule has 1 N–H and O–H groups in total. The smallest absolute Gasteiger partial charge is 0.211 e. The summed E-state index contributed by atoms with van der Waals surface area (Å²) in [4.78, 5) is 3.91. The van der Waals surface area contributed by atoms with Crippen LogP contribution in [0.15, 0.2) is 22.7 Å². The summed E-state index contributed by atoms with van der Waals surface area (Å²) in [7, 11) is 1.70. The van der Waals surface area contributed by atoms with Crippen LogP contribution in [-0.4, -0.2) is 12.0 Å². The van der Waals surface area contributed by atoms with Crippen molar-refractivity contribution in [3.8, 4) is 11.3 Å². The maximum atomic E-state index is 13.5. The minimum atomic E-state index is -1.02. The molecule has 0 saturated heterocycles. The van der Waals surface area contributed by atoms with E-state index in [-0.39, 0.29) is 11.8 Å². The van der Waals surface area contributed by atoms with Crippen molar-refractivity contribution in [1.29, 1.82) is 0 Å². The van der Waals surface area contributed by atoms with Gasteiger partial charge in [-0.2, -0.15) is 0 Å². The zero-order valence-corrected chi connectivity index (χ0v) is 9.80. The fraction of sp³-hybridized carbons (Fsp3) is 0.250. The van der Waals surface area contributed by atoms with Crippen molar-refractivity contribution in [2.75, 3.05) is 7.05 Å². The van der Waals surface area contributed by atoms with E-state index in [1.165, 1.54) is 6.20 Å². The molecule has 0 aliphatic rings. The Morgan fingerprint density at radius 1 is 1.22 bits per heavy atom. The van der Waals surface area contributed by atoms with E-state index in [2.05, 4.69) is 10.3 Å². The van der Waals surface area contributed by atoms with Gasteiger partial charge in [0.25, 0.3) is 0 Å². The molecule has 1 heterocycles. The zero-order valence-electron chi connectivity index (χ0n) is 9.80. The predicted molar refractivity (Wildman–Crippen MR) is 59.3 cm³/mol. The fourth-order valence-electron chi connectivity index (χ4n) is 1.50. The maximum Gasteiger partial charge on any atom is 0.211 e. The van der Waals surface area contributed by atoms with Gasteiger partial charge in [-0.1, -0.05) is 0 Å². The Labute approximate surface area is 102 Å². The van der Waals surface area contributed by atoms with E-state index in [1.807, 2.05) is 0 Å². The third kappa shape index (κ3) is 2.24. The monoisotopic (exact) mass is 256 g/mol. The van der Waals surface area contributed by atoms with Gasteiger partial charge in [-0.05, 0) is 14.0 Å². The lowest BCUT2D eigenvalue weighted by molar-refractivity contribution is 0.437. The van der Waals surface area contributed by atoms with Gasteiger partial charge < -0.3 is 9.73 Å². The standard InChI is InChI=1S/C12H11F3N2O/c1-6(16-2)12-17-5-10(18-12)11-8(14)3-7(13)4-9(11)15/h3-6,16H,1-2H3. The molecule has 0 bridgehead atoms. The van der Waals surface area contributed by atoms with Crippen molar-refractivity contribution in [3.05, 3.63) is 41.7 Å². The first kappa shape index (κ1) is 12.6. The van der Waals surface area contributed by atoms with Gasteiger partial charge in [-0.3, -0.25) is 0 Å². The second kappa shape index (κ2) is 4.81. The van der Waals surface area contributed by atoms with Crippen molar-refractivity contribution >= 4 is 0 Å². The number of oxazole rings is 1. The van der Waals surface area contributed by atoms with Crippen molar-refractivity contribution in [2.24, 2.45) is 0 Å². The molecule has 6 heteroatoms. The van der Waals surface area contributed by atoms with Gasteiger partial charge in [0.2, 0.25) is 5.89 Å². The molecule has 0 radical (unpaired) electrons. The summed E-state index contributed by atoms with van der Waals surface area (Å²) < 4.78 is 45.0. The summed E-state index contributed by atoms with van der Waals surface area (Å²) in [5, 5.41) is 2.88. The Morgan fingerprint density at radius 3 is 2.39 bits per heavy atom. The number of nitrogens with zero attached hydrogens (tertiary/aromatic N) is 1. The molecular formula is C12H11F3N2O. The van der Waals surface area contributed by atoms with Crippen molar-refractivity contribution in [1.82, 2.24) is 10.3 Å². The number of benzene rings is 1. The summed E-state index contributed by atoms with van der Waals surface area (Å²) in [6.07, 6.45) is 1.21. The molecule has 0 aliphatic carbocycles. The molecule has 0 fully saturated rings. The van der Waals surface area contributed by atoms with E-state index in [9.17, 15) is 13.2 Å². The molecule has 0 spiro atoms. The molecule has 1 aromatic carbocycles. The number of hydrogen-bond donors (Lipinski definition) is 1. The molecule has 2 aromatic rings. The average molecular weight is 256 g/mol. The normalized spacial score (nSPS) is 12.7. The van der Waals surface area contributed by atoms with Gasteiger partial charge in [0.05, 0.1) is 17.8 Å². The SMILES string of the molecule is CNC(C)c1ncc(-c2c(F)cc(F)cc2F)o1. The molecule has 0 aliphatic heterocycles. The van der Waals surface area contributed by atoms with Crippen LogP contribution in [-0.2, 0) is 0 Å². The Balaban J connectivity index is 2.46. The number of rotatable bonds is 3. The van der Waals surface area contributed by atoms with Gasteiger partial charge in [-0.15, -0.1) is 0 Å². The maximum absolute atomic E-state index is 13.5. The quantitative estimate of drug-likeness (QED) is 0.917. The first-order valence-corrected chi connectivity index (χ1v) is 5.31. The van der Waals surface area contributed by atoms with Gasteiger partial charge in [0.1, 0.15) is 17.5 Å². The van der Waals surface area contributed by atoms with Crippen molar-refractivity contribution < 1.29 is 17.6 Å². The van der Waals surface area contributed by atoms with Gasteiger partial charge in [0, 0.05) is 12.1 Å². The summed E-state index contributed by atoms with van der Waals surface area (Å²) in [5.41, 5.74) is -0.418. The molecule has 0 saturated carbocycles. The highest BCUT2D eigenvalue weighted by Crippen LogP contribution is 2.28. The summed E-state index contributed by atoms with van der Waals surface area (Å²) in [6, 6.07) is 1.01. The lowest BCUT2D eigenvalue weighted by Crippen LogP contribution is -2.12. The highest BCUT2D eigenvalue weighted by Gasteiger charge is 2.19. The molecule has 3 nitrogen and oxygen atoms in total. The first-order valence-electron chi connectivity index (χ1n) is 5.31. The Morgan fingerprint density at radius 2 is 1.83 bits per heavy atom. The van der Waals surface area contributed by atoms with Crippen molar-refractivity contribution in [2.45, 2.75) is 13.0 Å². The van der Waals surface area contributed by atoms with E-state index in [4.69, 9.17) is 4.42 Å². The van der Waals surface area contributed by atoms with Crippen LogP contribution >= 0.6 is 0 Å². The van der Waals surface area contributed by atoms with Crippen LogP contribution in [0.2, 0.25) is 0 Å². The van der Waals surface area contributed by atoms with Crippen LogP contribution in [0.25, 0.3) is 11.3 Å². The third-order valence-electron chi connectivity index (χ3n) is 2.58. The van der Waals surface area contributed by atoms with E-state index in [0.717, 1.165) is 0 Å². The first-order chi connectivity index (χ1) is 8.52. The minimum Gasteiger partial charge on any atom is -0.439 e. The number of hydrogen-bond acceptors (Lipinski definition) is 3. The molecule has 1 aromatic heterocycles. The van der Waals surface area contributed by atoms with Crippen LogP contribution in [0.4, 0.5) is 13.2 Å². The van der Waals surface area contributed by atoms with Crippen molar-refractivity contribution in [3.63, 3.8) is 0 Å². The molecule has 1 atom stereocenters. The van der Waals surface area contributed by atoms with E-state index in [1.54, 1.807) is 14.0 Å². The highest BCUT2D eigenvalue weighted by atomic mass is 19.1. The highest BCUT2D eigenvalue weighted by molar-refractivity contribution is 5.58. The summed E-state index contributed by atoms with van der Waals surface area (Å²) in [6.45, 7) is 1.78. The van der Waals surface area contributed by atoms with E-state index < -0.39 is 23.0 Å². The van der Waals surface area contributed by atoms with Crippen LogP contribution < -0.4 is 5.32 Å². The zero-order chi connectivity index (χ0) is 13.3. The predicted octanol–water partition coefficient (Wildman–Crippen LogP) is 3.04. The van der Waals surface area contributed by atoms with Gasteiger partial charge in [0.15, 0.2) is 5.76 Å². The molecule has 18 heavy (non-hydrogen) atoms. The van der Waals surface area contributed by atoms with E-state index in [0.29, 0.717) is 18.0 Å². The minimum absolute atomic E-state index is 0.0675. The van der Waals surface area contributed by atoms with Crippen LogP contribution in [0.5, 0.6) is 0 Å². The molecule has 0 amide bonds. The Bertz CT molecular complexity index is 545. The number of aromatic nitrogens is 1. The average Bonchev–Trinajstić information content (AvgIpc) is 2.76. The van der Waals surface area contributed by atoms with Crippen LogP contribution in [0.1, 0.15) is 18.9 Å². The Hall–Kier alpha value is -1.82. The third-order valence-corrected chi connectivity index (χ3v) is 2.58. The van der Waals surface area contributed by atoms with E-state index >= 15 is 0 Å². The number of nitrogens with one attached hydrogen (secondary N) is 1. The Kier molecular flexibility index (Phi) is 3.38. The molecule has 1 unspecified atom stereocenters. The summed E-state index contributed by atoms with van der Waals surface area (Å²) in [5.74, 6) is -2.78. The van der Waals surface area contributed by atoms with Crippen LogP contribution in [0.3, 0.4) is 0 Å².